The van der Waals surface area contributed by atoms with E-state index in [4.69, 9.17) is 5.73 Å². The summed E-state index contributed by atoms with van der Waals surface area (Å²) in [7, 11) is 1.67. The maximum atomic E-state index is 12.7. The Morgan fingerprint density at radius 1 is 1.29 bits per heavy atom. The van der Waals surface area contributed by atoms with Crippen LogP contribution in [0.5, 0.6) is 0 Å². The molecular weight excluding hydrogens is 270 g/mol. The number of hydrogen-bond donors (Lipinski definition) is 1. The summed E-state index contributed by atoms with van der Waals surface area (Å²) >= 11 is 0. The van der Waals surface area contributed by atoms with Gasteiger partial charge in [-0.2, -0.15) is 0 Å². The van der Waals surface area contributed by atoms with E-state index in [1.807, 2.05) is 11.5 Å². The fraction of sp³-hybridized carbons (Fsp3) is 0.643. The Labute approximate surface area is 122 Å². The number of nitrogens with two attached hydrogens (primary N) is 1. The molecule has 0 aliphatic heterocycles. The zero-order valence-electron chi connectivity index (χ0n) is 12.5. The van der Waals surface area contributed by atoms with Crippen LogP contribution in [0.15, 0.2) is 9.59 Å². The maximum Gasteiger partial charge on any atom is 0.332 e. The van der Waals surface area contributed by atoms with Gasteiger partial charge in [-0.05, 0) is 32.7 Å². The number of aromatic nitrogens is 4. The smallest absolute Gasteiger partial charge is 0.330 e. The van der Waals surface area contributed by atoms with Crippen LogP contribution in [0, 0.1) is 0 Å². The largest absolute Gasteiger partial charge is 0.332 e. The Hall–Kier alpha value is -1.89. The van der Waals surface area contributed by atoms with E-state index in [1.54, 1.807) is 7.05 Å². The third-order valence-electron chi connectivity index (χ3n) is 4.11. The highest BCUT2D eigenvalue weighted by Crippen LogP contribution is 2.40. The summed E-state index contributed by atoms with van der Waals surface area (Å²) in [5, 5.41) is 0. The van der Waals surface area contributed by atoms with Gasteiger partial charge in [-0.1, -0.05) is 0 Å². The summed E-state index contributed by atoms with van der Waals surface area (Å²) in [6, 6.07) is 0. The monoisotopic (exact) mass is 291 g/mol. The van der Waals surface area contributed by atoms with E-state index in [9.17, 15) is 9.59 Å². The first kappa shape index (κ1) is 14.1. The number of nitrogens with zero attached hydrogens (tertiary/aromatic N) is 4. The molecule has 1 aliphatic rings. The summed E-state index contributed by atoms with van der Waals surface area (Å²) in [4.78, 5) is 29.6. The van der Waals surface area contributed by atoms with Crippen molar-refractivity contribution in [2.75, 3.05) is 6.54 Å². The Morgan fingerprint density at radius 3 is 2.57 bits per heavy atom. The lowest BCUT2D eigenvalue weighted by Gasteiger charge is -2.09. The molecule has 2 aromatic rings. The minimum atomic E-state index is -0.316. The molecule has 7 nitrogen and oxygen atoms in total. The molecule has 0 spiro atoms. The van der Waals surface area contributed by atoms with Crippen molar-refractivity contribution in [2.45, 2.75) is 45.2 Å². The fourth-order valence-corrected chi connectivity index (χ4v) is 2.81. The predicted molar refractivity (Wildman–Crippen MR) is 80.6 cm³/mol. The van der Waals surface area contributed by atoms with Crippen LogP contribution >= 0.6 is 0 Å². The second-order valence-electron chi connectivity index (χ2n) is 5.60. The average molecular weight is 291 g/mol. The van der Waals surface area contributed by atoms with Crippen molar-refractivity contribution in [3.8, 4) is 0 Å². The summed E-state index contributed by atoms with van der Waals surface area (Å²) in [5.74, 6) is 1.38. The van der Waals surface area contributed by atoms with Crippen LogP contribution < -0.4 is 17.0 Å². The van der Waals surface area contributed by atoms with Gasteiger partial charge in [0.1, 0.15) is 5.82 Å². The van der Waals surface area contributed by atoms with E-state index in [0.717, 1.165) is 18.7 Å². The molecule has 21 heavy (non-hydrogen) atoms. The number of imidazole rings is 1. The van der Waals surface area contributed by atoms with Gasteiger partial charge in [0.2, 0.25) is 0 Å². The Morgan fingerprint density at radius 2 is 2.00 bits per heavy atom. The summed E-state index contributed by atoms with van der Waals surface area (Å²) < 4.78 is 4.72. The van der Waals surface area contributed by atoms with Gasteiger partial charge in [-0.15, -0.1) is 0 Å². The second-order valence-corrected chi connectivity index (χ2v) is 5.60. The van der Waals surface area contributed by atoms with Crippen molar-refractivity contribution < 1.29 is 0 Å². The normalized spacial score (nSPS) is 15.0. The minimum absolute atomic E-state index is 0.247. The third kappa shape index (κ3) is 2.12. The molecule has 0 radical (unpaired) electrons. The lowest BCUT2D eigenvalue weighted by molar-refractivity contribution is 0.575. The van der Waals surface area contributed by atoms with Gasteiger partial charge in [-0.25, -0.2) is 9.78 Å². The van der Waals surface area contributed by atoms with Crippen LogP contribution in [-0.2, 0) is 20.1 Å². The molecule has 0 unspecified atom stereocenters. The molecule has 0 saturated heterocycles. The van der Waals surface area contributed by atoms with Gasteiger partial charge >= 0.3 is 5.69 Å². The van der Waals surface area contributed by atoms with E-state index >= 15 is 0 Å². The summed E-state index contributed by atoms with van der Waals surface area (Å²) in [6.45, 7) is 3.49. The second kappa shape index (κ2) is 5.14. The SMILES string of the molecule is CCn1c(C2CC2)nc2c1c(=O)n(CCCN)c(=O)n2C. The zero-order chi connectivity index (χ0) is 15.1. The molecule has 1 fully saturated rings. The molecule has 114 valence electrons. The van der Waals surface area contributed by atoms with Gasteiger partial charge in [0.25, 0.3) is 5.56 Å². The molecule has 0 bridgehead atoms. The van der Waals surface area contributed by atoms with Crippen molar-refractivity contribution in [1.82, 2.24) is 18.7 Å². The van der Waals surface area contributed by atoms with E-state index in [2.05, 4.69) is 4.98 Å². The standard InChI is InChI=1S/C14H21N5O2/c1-3-18-10-12(16-11(18)9-5-6-9)17(2)14(21)19(13(10)20)8-4-7-15/h9H,3-8,15H2,1-2H3. The molecule has 2 aromatic heterocycles. The van der Waals surface area contributed by atoms with Crippen molar-refractivity contribution in [2.24, 2.45) is 12.8 Å². The summed E-state index contributed by atoms with van der Waals surface area (Å²) in [6.07, 6.45) is 2.83. The predicted octanol–water partition coefficient (Wildman–Crippen LogP) is 0.143. The Bertz CT molecular complexity index is 794. The van der Waals surface area contributed by atoms with Crippen LogP contribution in [0.2, 0.25) is 0 Å². The lowest BCUT2D eigenvalue weighted by Crippen LogP contribution is -2.40. The van der Waals surface area contributed by atoms with Crippen molar-refractivity contribution >= 4 is 11.2 Å². The fourth-order valence-electron chi connectivity index (χ4n) is 2.81. The van der Waals surface area contributed by atoms with Crippen LogP contribution in [0.4, 0.5) is 0 Å². The van der Waals surface area contributed by atoms with E-state index in [0.29, 0.717) is 43.1 Å². The van der Waals surface area contributed by atoms with Crippen LogP contribution in [0.3, 0.4) is 0 Å². The molecule has 2 heterocycles. The topological polar surface area (TPSA) is 87.8 Å². The molecule has 0 amide bonds. The maximum absolute atomic E-state index is 12.7. The Kier molecular flexibility index (Phi) is 3.44. The summed E-state index contributed by atoms with van der Waals surface area (Å²) in [5.41, 5.74) is 5.97. The first-order chi connectivity index (χ1) is 10.1. The van der Waals surface area contributed by atoms with E-state index < -0.39 is 0 Å². The van der Waals surface area contributed by atoms with Gasteiger partial charge < -0.3 is 10.3 Å². The highest BCUT2D eigenvalue weighted by Gasteiger charge is 2.31. The molecule has 7 heteroatoms. The van der Waals surface area contributed by atoms with Crippen molar-refractivity contribution in [3.05, 3.63) is 26.7 Å². The molecular formula is C14H21N5O2. The molecule has 0 aromatic carbocycles. The molecule has 1 aliphatic carbocycles. The number of hydrogen-bond acceptors (Lipinski definition) is 4. The van der Waals surface area contributed by atoms with E-state index in [-0.39, 0.29) is 11.2 Å². The number of fused-ring (bicyclic) bond motifs is 1. The highest BCUT2D eigenvalue weighted by atomic mass is 16.2. The highest BCUT2D eigenvalue weighted by molar-refractivity contribution is 5.71. The zero-order valence-corrected chi connectivity index (χ0v) is 12.5. The average Bonchev–Trinajstić information content (AvgIpc) is 3.24. The van der Waals surface area contributed by atoms with Crippen molar-refractivity contribution in [1.29, 1.82) is 0 Å². The van der Waals surface area contributed by atoms with Crippen LogP contribution in [-0.4, -0.2) is 25.2 Å². The van der Waals surface area contributed by atoms with Gasteiger partial charge in [0, 0.05) is 26.1 Å². The number of aryl methyl sites for hydroxylation is 2. The molecule has 0 atom stereocenters. The minimum Gasteiger partial charge on any atom is -0.330 e. The number of rotatable bonds is 5. The van der Waals surface area contributed by atoms with Gasteiger partial charge in [0.05, 0.1) is 0 Å². The van der Waals surface area contributed by atoms with Crippen LogP contribution in [0.25, 0.3) is 11.2 Å². The van der Waals surface area contributed by atoms with Crippen LogP contribution in [0.1, 0.15) is 37.9 Å². The first-order valence-electron chi connectivity index (χ1n) is 7.50. The van der Waals surface area contributed by atoms with Gasteiger partial charge in [0.15, 0.2) is 11.2 Å². The Balaban J connectivity index is 2.32. The quantitative estimate of drug-likeness (QED) is 0.849. The lowest BCUT2D eigenvalue weighted by atomic mass is 10.4. The first-order valence-corrected chi connectivity index (χ1v) is 7.50. The van der Waals surface area contributed by atoms with E-state index in [1.165, 1.54) is 9.13 Å². The van der Waals surface area contributed by atoms with Crippen molar-refractivity contribution in [3.63, 3.8) is 0 Å². The molecule has 2 N–H and O–H groups in total. The third-order valence-corrected chi connectivity index (χ3v) is 4.11. The molecule has 1 saturated carbocycles. The molecule has 3 rings (SSSR count). The van der Waals surface area contributed by atoms with Gasteiger partial charge in [-0.3, -0.25) is 13.9 Å².